The van der Waals surface area contributed by atoms with Crippen LogP contribution in [0, 0.1) is 0 Å². The standard InChI is InChI=1S/C21H26F3N5OS/c1-28-10-11-29(13-14(28)8-12-30-2)19-18-20(26-16-6-4-3-5-15(16)25-19)31-17(27-18)7-9-21(22,23)24/h3-6,14,26H,7-13H2,1-2H3/t14-/m0/s1. The zero-order valence-corrected chi connectivity index (χ0v) is 18.4. The molecule has 3 heterocycles. The van der Waals surface area contributed by atoms with Crippen LogP contribution in [-0.4, -0.2) is 73.2 Å². The van der Waals surface area contributed by atoms with Gasteiger partial charge < -0.3 is 15.0 Å². The number of rotatable bonds is 5. The van der Waals surface area contributed by atoms with E-state index in [0.717, 1.165) is 48.3 Å². The maximum Gasteiger partial charge on any atom is 0.389 e. The van der Waals surface area contributed by atoms with E-state index in [1.807, 2.05) is 24.3 Å². The molecule has 10 heteroatoms. The maximum atomic E-state index is 12.8. The third-order valence-electron chi connectivity index (χ3n) is 5.62. The van der Waals surface area contributed by atoms with E-state index in [2.05, 4.69) is 27.1 Å². The highest BCUT2D eigenvalue weighted by atomic mass is 32.1. The maximum absolute atomic E-state index is 12.8. The van der Waals surface area contributed by atoms with E-state index in [-0.39, 0.29) is 6.42 Å². The van der Waals surface area contributed by atoms with E-state index in [1.165, 1.54) is 11.3 Å². The van der Waals surface area contributed by atoms with Crippen LogP contribution >= 0.6 is 11.3 Å². The van der Waals surface area contributed by atoms with Crippen molar-refractivity contribution >= 4 is 33.5 Å². The van der Waals surface area contributed by atoms with Crippen molar-refractivity contribution in [1.29, 1.82) is 0 Å². The van der Waals surface area contributed by atoms with Gasteiger partial charge >= 0.3 is 6.18 Å². The number of nitrogens with one attached hydrogen (secondary N) is 1. The minimum absolute atomic E-state index is 0.128. The summed E-state index contributed by atoms with van der Waals surface area (Å²) in [6.45, 7) is 3.07. The Bertz CT molecular complexity index is 945. The molecule has 0 radical (unpaired) electrons. The summed E-state index contributed by atoms with van der Waals surface area (Å²) in [6, 6.07) is 7.99. The van der Waals surface area contributed by atoms with Gasteiger partial charge in [-0.15, -0.1) is 11.3 Å². The molecule has 0 unspecified atom stereocenters. The second-order valence-corrected chi connectivity index (χ2v) is 8.92. The quantitative estimate of drug-likeness (QED) is 0.726. The van der Waals surface area contributed by atoms with Gasteiger partial charge in [0.15, 0.2) is 5.84 Å². The summed E-state index contributed by atoms with van der Waals surface area (Å²) in [4.78, 5) is 14.0. The number of hydrogen-bond acceptors (Lipinski definition) is 7. The summed E-state index contributed by atoms with van der Waals surface area (Å²) in [7, 11) is 3.80. The number of amidine groups is 1. The highest BCUT2D eigenvalue weighted by Gasteiger charge is 2.32. The fourth-order valence-corrected chi connectivity index (χ4v) is 4.82. The number of fused-ring (bicyclic) bond motifs is 2. The minimum atomic E-state index is -4.20. The largest absolute Gasteiger partial charge is 0.389 e. The molecule has 2 aliphatic heterocycles. The number of anilines is 2. The van der Waals surface area contributed by atoms with Gasteiger partial charge in [0.1, 0.15) is 10.7 Å². The van der Waals surface area contributed by atoms with Gasteiger partial charge in [-0.25, -0.2) is 9.98 Å². The molecule has 0 amide bonds. The molecule has 2 aliphatic rings. The second-order valence-electron chi connectivity index (χ2n) is 7.84. The molecule has 1 fully saturated rings. The summed E-state index contributed by atoms with van der Waals surface area (Å²) in [5.74, 6) is 0.720. The molecular weight excluding hydrogens is 427 g/mol. The Hall–Kier alpha value is -2.17. The van der Waals surface area contributed by atoms with Crippen molar-refractivity contribution in [3.8, 4) is 0 Å². The molecule has 168 valence electrons. The van der Waals surface area contributed by atoms with Gasteiger partial charge in [-0.2, -0.15) is 13.2 Å². The Kier molecular flexibility index (Phi) is 6.49. The van der Waals surface area contributed by atoms with Gasteiger partial charge in [0, 0.05) is 52.2 Å². The first-order valence-corrected chi connectivity index (χ1v) is 11.1. The number of hydrogen-bond donors (Lipinski definition) is 1. The Morgan fingerprint density at radius 1 is 1.26 bits per heavy atom. The van der Waals surface area contributed by atoms with Gasteiger partial charge in [0.05, 0.1) is 16.4 Å². The second kappa shape index (κ2) is 9.13. The van der Waals surface area contributed by atoms with E-state index < -0.39 is 12.6 Å². The van der Waals surface area contributed by atoms with Crippen LogP contribution in [0.5, 0.6) is 0 Å². The van der Waals surface area contributed by atoms with Crippen LogP contribution in [0.25, 0.3) is 0 Å². The van der Waals surface area contributed by atoms with Crippen LogP contribution in [0.15, 0.2) is 29.3 Å². The number of aromatic nitrogens is 1. The van der Waals surface area contributed by atoms with Gasteiger partial charge in [0.25, 0.3) is 0 Å². The van der Waals surface area contributed by atoms with E-state index >= 15 is 0 Å². The van der Waals surface area contributed by atoms with Crippen molar-refractivity contribution < 1.29 is 17.9 Å². The Labute approximate surface area is 183 Å². The number of methoxy groups -OCH3 is 1. The molecule has 6 nitrogen and oxygen atoms in total. The third-order valence-corrected chi connectivity index (χ3v) is 6.65. The highest BCUT2D eigenvalue weighted by Crippen LogP contribution is 2.38. The van der Waals surface area contributed by atoms with E-state index in [1.54, 1.807) is 7.11 Å². The van der Waals surface area contributed by atoms with Crippen molar-refractivity contribution in [1.82, 2.24) is 14.8 Å². The molecule has 2 aromatic rings. The van der Waals surface area contributed by atoms with Gasteiger partial charge in [-0.05, 0) is 25.6 Å². The fourth-order valence-electron chi connectivity index (χ4n) is 3.85. The molecule has 1 aromatic carbocycles. The number of likely N-dealkylation sites (N-methyl/N-ethyl adjacent to an activating group) is 1. The Morgan fingerprint density at radius 2 is 2.06 bits per heavy atom. The van der Waals surface area contributed by atoms with Crippen molar-refractivity contribution in [2.75, 3.05) is 45.7 Å². The number of para-hydroxylation sites is 2. The molecule has 1 N–H and O–H groups in total. The Morgan fingerprint density at radius 3 is 2.84 bits per heavy atom. The average Bonchev–Trinajstić information content (AvgIpc) is 3.06. The lowest BCUT2D eigenvalue weighted by molar-refractivity contribution is -0.134. The first-order valence-electron chi connectivity index (χ1n) is 10.3. The monoisotopic (exact) mass is 453 g/mol. The number of nitrogens with zero attached hydrogens (tertiary/aromatic N) is 4. The molecule has 0 spiro atoms. The topological polar surface area (TPSA) is 53.0 Å². The highest BCUT2D eigenvalue weighted by molar-refractivity contribution is 7.16. The van der Waals surface area contributed by atoms with Crippen molar-refractivity contribution in [2.24, 2.45) is 4.99 Å². The zero-order chi connectivity index (χ0) is 22.0. The predicted molar refractivity (Wildman–Crippen MR) is 117 cm³/mol. The molecule has 31 heavy (non-hydrogen) atoms. The van der Waals surface area contributed by atoms with Gasteiger partial charge in [0.2, 0.25) is 0 Å². The normalized spacial score (nSPS) is 19.3. The third kappa shape index (κ3) is 5.19. The van der Waals surface area contributed by atoms with Crippen molar-refractivity contribution in [3.63, 3.8) is 0 Å². The number of benzene rings is 1. The number of thiazole rings is 1. The zero-order valence-electron chi connectivity index (χ0n) is 17.6. The van der Waals surface area contributed by atoms with Crippen LogP contribution in [0.2, 0.25) is 0 Å². The molecule has 1 aromatic heterocycles. The average molecular weight is 454 g/mol. The van der Waals surface area contributed by atoms with Crippen LogP contribution in [0.3, 0.4) is 0 Å². The number of halogens is 3. The molecule has 0 bridgehead atoms. The molecular formula is C21H26F3N5OS. The number of aryl methyl sites for hydroxylation is 1. The summed E-state index contributed by atoms with van der Waals surface area (Å²) >= 11 is 1.28. The first kappa shape index (κ1) is 22.0. The summed E-state index contributed by atoms with van der Waals surface area (Å²) < 4.78 is 43.5. The molecule has 4 rings (SSSR count). The van der Waals surface area contributed by atoms with Crippen LogP contribution < -0.4 is 5.32 Å². The van der Waals surface area contributed by atoms with Crippen LogP contribution in [0.1, 0.15) is 23.5 Å². The van der Waals surface area contributed by atoms with E-state index in [0.29, 0.717) is 23.4 Å². The molecule has 1 atom stereocenters. The molecule has 0 aliphatic carbocycles. The van der Waals surface area contributed by atoms with Crippen LogP contribution in [0.4, 0.5) is 29.5 Å². The molecule has 1 saturated heterocycles. The summed E-state index contributed by atoms with van der Waals surface area (Å²) in [6.07, 6.45) is -4.31. The van der Waals surface area contributed by atoms with Crippen LogP contribution in [-0.2, 0) is 11.2 Å². The summed E-state index contributed by atoms with van der Waals surface area (Å²) in [5, 5.41) is 4.56. The number of piperazine rings is 1. The number of aliphatic imine (C=N–C) groups is 1. The number of alkyl halides is 3. The van der Waals surface area contributed by atoms with Gasteiger partial charge in [-0.1, -0.05) is 12.1 Å². The smallest absolute Gasteiger partial charge is 0.385 e. The first-order chi connectivity index (χ1) is 14.8. The Balaban J connectivity index is 1.67. The van der Waals surface area contributed by atoms with Crippen molar-refractivity contribution in [3.05, 3.63) is 35.0 Å². The predicted octanol–water partition coefficient (Wildman–Crippen LogP) is 4.43. The fraction of sp³-hybridized carbons (Fsp3) is 0.524. The minimum Gasteiger partial charge on any atom is -0.385 e. The van der Waals surface area contributed by atoms with E-state index in [9.17, 15) is 13.2 Å². The lowest BCUT2D eigenvalue weighted by Gasteiger charge is -2.40. The number of ether oxygens (including phenoxy) is 1. The van der Waals surface area contributed by atoms with E-state index in [4.69, 9.17) is 9.73 Å². The van der Waals surface area contributed by atoms with Gasteiger partial charge in [-0.3, -0.25) is 4.90 Å². The van der Waals surface area contributed by atoms with Crippen molar-refractivity contribution in [2.45, 2.75) is 31.5 Å². The lowest BCUT2D eigenvalue weighted by atomic mass is 10.1. The SMILES string of the molecule is COCC[C@H]1CN(C2=Nc3ccccc3Nc3sc(CCC(F)(F)F)nc32)CCN1C. The lowest BCUT2D eigenvalue weighted by Crippen LogP contribution is -2.53. The summed E-state index contributed by atoms with van der Waals surface area (Å²) in [5.41, 5.74) is 2.26. The molecule has 0 saturated carbocycles.